The first-order valence-corrected chi connectivity index (χ1v) is 4.37. The van der Waals surface area contributed by atoms with Gasteiger partial charge in [-0.25, -0.2) is 13.8 Å². The second kappa shape index (κ2) is 3.69. The van der Waals surface area contributed by atoms with Crippen molar-refractivity contribution in [1.29, 1.82) is 0 Å². The lowest BCUT2D eigenvalue weighted by Crippen LogP contribution is -1.99. The van der Waals surface area contributed by atoms with Gasteiger partial charge in [0.2, 0.25) is 0 Å². The first-order valence-electron chi connectivity index (χ1n) is 2.91. The fourth-order valence-electron chi connectivity index (χ4n) is 0.695. The zero-order valence-electron chi connectivity index (χ0n) is 5.69. The Morgan fingerprint density at radius 2 is 2.17 bits per heavy atom. The highest BCUT2D eigenvalue weighted by atomic mass is 127. The lowest BCUT2D eigenvalue weighted by Gasteiger charge is -2.06. The lowest BCUT2D eigenvalue weighted by molar-refractivity contribution is 0.150. The van der Waals surface area contributed by atoms with Crippen LogP contribution in [0.4, 0.5) is 14.6 Å². The summed E-state index contributed by atoms with van der Waals surface area (Å²) in [7, 11) is 0. The molecule has 0 spiro atoms. The Bertz CT molecular complexity index is 306. The molecule has 0 aliphatic rings. The summed E-state index contributed by atoms with van der Waals surface area (Å²) in [4.78, 5) is 3.63. The highest BCUT2D eigenvalue weighted by Crippen LogP contribution is 2.32. The lowest BCUT2D eigenvalue weighted by atomic mass is 10.3. The molecule has 0 bridgehead atoms. The summed E-state index contributed by atoms with van der Waals surface area (Å²) in [5.41, 5.74) is 5.07. The first-order chi connectivity index (χ1) is 5.54. The standard InChI is InChI=1S/C6H4ClF2IN2/c7-2-1-12-6(11)4(10)3(2)5(8)9/h1,5H,(H2,11,12). The van der Waals surface area contributed by atoms with Crippen molar-refractivity contribution in [1.82, 2.24) is 4.98 Å². The highest BCUT2D eigenvalue weighted by Gasteiger charge is 2.18. The normalized spacial score (nSPS) is 10.8. The van der Waals surface area contributed by atoms with E-state index < -0.39 is 6.43 Å². The molecule has 2 nitrogen and oxygen atoms in total. The molecule has 1 aromatic rings. The average molecular weight is 304 g/mol. The van der Waals surface area contributed by atoms with E-state index in [1.165, 1.54) is 0 Å². The molecular formula is C6H4ClF2IN2. The number of alkyl halides is 2. The number of anilines is 1. The summed E-state index contributed by atoms with van der Waals surface area (Å²) in [6, 6.07) is 0. The van der Waals surface area contributed by atoms with Gasteiger partial charge >= 0.3 is 0 Å². The molecule has 0 saturated heterocycles. The van der Waals surface area contributed by atoms with E-state index in [-0.39, 0.29) is 20.0 Å². The number of nitrogens with two attached hydrogens (primary N) is 1. The van der Waals surface area contributed by atoms with Crippen molar-refractivity contribution in [2.45, 2.75) is 6.43 Å². The summed E-state index contributed by atoms with van der Waals surface area (Å²) in [5.74, 6) is 0.0790. The van der Waals surface area contributed by atoms with Gasteiger partial charge in [0, 0.05) is 6.20 Å². The average Bonchev–Trinajstić information content (AvgIpc) is 1.97. The second-order valence-electron chi connectivity index (χ2n) is 2.02. The summed E-state index contributed by atoms with van der Waals surface area (Å²) in [5, 5.41) is -0.0522. The Kier molecular flexibility index (Phi) is 3.05. The predicted octanol–water partition coefficient (Wildman–Crippen LogP) is 2.86. The molecule has 0 unspecified atom stereocenters. The van der Waals surface area contributed by atoms with E-state index in [1.807, 2.05) is 0 Å². The Hall–Kier alpha value is -0.170. The van der Waals surface area contributed by atoms with Gasteiger partial charge in [-0.2, -0.15) is 0 Å². The van der Waals surface area contributed by atoms with E-state index in [0.717, 1.165) is 6.20 Å². The number of hydrogen-bond donors (Lipinski definition) is 1. The van der Waals surface area contributed by atoms with Crippen LogP contribution in [-0.2, 0) is 0 Å². The minimum absolute atomic E-state index is 0.0522. The molecule has 1 aromatic heterocycles. The number of rotatable bonds is 1. The van der Waals surface area contributed by atoms with Crippen LogP contribution in [0, 0.1) is 3.57 Å². The van der Waals surface area contributed by atoms with Gasteiger partial charge in [0.1, 0.15) is 5.82 Å². The van der Waals surface area contributed by atoms with Gasteiger partial charge in [0.05, 0.1) is 14.2 Å². The fraction of sp³-hybridized carbons (Fsp3) is 0.167. The van der Waals surface area contributed by atoms with Gasteiger partial charge in [-0.3, -0.25) is 0 Å². The molecule has 66 valence electrons. The molecular weight excluding hydrogens is 300 g/mol. The van der Waals surface area contributed by atoms with Gasteiger partial charge in [0.25, 0.3) is 6.43 Å². The Morgan fingerprint density at radius 3 is 2.58 bits per heavy atom. The van der Waals surface area contributed by atoms with Gasteiger partial charge in [-0.05, 0) is 22.6 Å². The van der Waals surface area contributed by atoms with Crippen LogP contribution in [0.15, 0.2) is 6.20 Å². The fourth-order valence-corrected chi connectivity index (χ4v) is 1.75. The van der Waals surface area contributed by atoms with E-state index in [9.17, 15) is 8.78 Å². The molecule has 0 aliphatic heterocycles. The van der Waals surface area contributed by atoms with Gasteiger partial charge in [-0.15, -0.1) is 0 Å². The van der Waals surface area contributed by atoms with E-state index >= 15 is 0 Å². The SMILES string of the molecule is Nc1ncc(Cl)c(C(F)F)c1I. The van der Waals surface area contributed by atoms with Crippen LogP contribution in [0.3, 0.4) is 0 Å². The molecule has 0 saturated carbocycles. The van der Waals surface area contributed by atoms with E-state index in [4.69, 9.17) is 17.3 Å². The summed E-state index contributed by atoms with van der Waals surface area (Å²) in [6.07, 6.45) is -1.49. The molecule has 0 amide bonds. The topological polar surface area (TPSA) is 38.9 Å². The van der Waals surface area contributed by atoms with Crippen molar-refractivity contribution in [2.24, 2.45) is 0 Å². The Morgan fingerprint density at radius 1 is 1.58 bits per heavy atom. The molecule has 0 aliphatic carbocycles. The Balaban J connectivity index is 3.33. The minimum Gasteiger partial charge on any atom is -0.383 e. The van der Waals surface area contributed by atoms with E-state index in [2.05, 4.69) is 4.98 Å². The van der Waals surface area contributed by atoms with Crippen LogP contribution < -0.4 is 5.73 Å². The zero-order valence-corrected chi connectivity index (χ0v) is 8.60. The zero-order chi connectivity index (χ0) is 9.30. The third-order valence-electron chi connectivity index (χ3n) is 1.25. The molecule has 1 rings (SSSR count). The molecule has 12 heavy (non-hydrogen) atoms. The van der Waals surface area contributed by atoms with Gasteiger partial charge < -0.3 is 5.73 Å². The molecule has 0 fully saturated rings. The third kappa shape index (κ3) is 1.77. The van der Waals surface area contributed by atoms with Crippen molar-refractivity contribution in [3.05, 3.63) is 20.4 Å². The van der Waals surface area contributed by atoms with Crippen molar-refractivity contribution >= 4 is 40.0 Å². The van der Waals surface area contributed by atoms with Crippen molar-refractivity contribution in [3.8, 4) is 0 Å². The van der Waals surface area contributed by atoms with Crippen molar-refractivity contribution in [3.63, 3.8) is 0 Å². The number of hydrogen-bond acceptors (Lipinski definition) is 2. The maximum Gasteiger partial charge on any atom is 0.266 e. The number of halogens is 4. The van der Waals surface area contributed by atoms with Crippen LogP contribution in [0.2, 0.25) is 5.02 Å². The molecule has 1 heterocycles. The van der Waals surface area contributed by atoms with Crippen molar-refractivity contribution in [2.75, 3.05) is 5.73 Å². The maximum atomic E-state index is 12.3. The third-order valence-corrected chi connectivity index (χ3v) is 2.69. The number of nitrogen functional groups attached to an aromatic ring is 1. The molecule has 2 N–H and O–H groups in total. The maximum absolute atomic E-state index is 12.3. The second-order valence-corrected chi connectivity index (χ2v) is 3.51. The molecule has 6 heteroatoms. The van der Waals surface area contributed by atoms with Crippen LogP contribution >= 0.6 is 34.2 Å². The van der Waals surface area contributed by atoms with Gasteiger partial charge in [0.15, 0.2) is 0 Å². The summed E-state index contributed by atoms with van der Waals surface area (Å²) in [6.45, 7) is 0. The minimum atomic E-state index is -2.62. The van der Waals surface area contributed by atoms with Crippen LogP contribution in [0.5, 0.6) is 0 Å². The van der Waals surface area contributed by atoms with Crippen molar-refractivity contribution < 1.29 is 8.78 Å². The van der Waals surface area contributed by atoms with Crippen LogP contribution in [-0.4, -0.2) is 4.98 Å². The van der Waals surface area contributed by atoms with E-state index in [1.54, 1.807) is 22.6 Å². The smallest absolute Gasteiger partial charge is 0.266 e. The quantitative estimate of drug-likeness (QED) is 0.810. The summed E-state index contributed by atoms with van der Waals surface area (Å²) < 4.78 is 24.8. The highest BCUT2D eigenvalue weighted by molar-refractivity contribution is 14.1. The number of nitrogens with zero attached hydrogens (tertiary/aromatic N) is 1. The largest absolute Gasteiger partial charge is 0.383 e. The molecule has 0 atom stereocenters. The van der Waals surface area contributed by atoms with Crippen LogP contribution in [0.25, 0.3) is 0 Å². The van der Waals surface area contributed by atoms with Crippen LogP contribution in [0.1, 0.15) is 12.0 Å². The monoisotopic (exact) mass is 304 g/mol. The van der Waals surface area contributed by atoms with E-state index in [0.29, 0.717) is 0 Å². The molecule has 0 aromatic carbocycles. The summed E-state index contributed by atoms with van der Waals surface area (Å²) >= 11 is 7.19. The van der Waals surface area contributed by atoms with Gasteiger partial charge in [-0.1, -0.05) is 11.6 Å². The predicted molar refractivity (Wildman–Crippen MR) is 51.3 cm³/mol. The molecule has 0 radical (unpaired) electrons. The first kappa shape index (κ1) is 9.91. The number of aromatic nitrogens is 1. The number of pyridine rings is 1. The Labute approximate surface area is 86.3 Å².